The summed E-state index contributed by atoms with van der Waals surface area (Å²) < 4.78 is 5.80. The topological polar surface area (TPSA) is 26.3 Å². The third-order valence-corrected chi connectivity index (χ3v) is 6.25. The molecule has 0 bridgehead atoms. The third kappa shape index (κ3) is 4.20. The van der Waals surface area contributed by atoms with Crippen LogP contribution in [0.15, 0.2) is 35.5 Å². The molecule has 0 amide bonds. The van der Waals surface area contributed by atoms with Crippen molar-refractivity contribution in [3.05, 3.63) is 35.5 Å². The number of carbonyl (C=O) groups is 1. The Hall–Kier alpha value is -1.31. The Morgan fingerprint density at radius 2 is 1.88 bits per heavy atom. The Labute approximate surface area is 148 Å². The first-order valence-electron chi connectivity index (χ1n) is 9.38. The number of rotatable bonds is 2. The minimum atomic E-state index is -0.159. The molecule has 0 aromatic rings. The molecular formula is C22H34O2. The summed E-state index contributed by atoms with van der Waals surface area (Å²) in [5, 5.41) is 0. The Kier molecular flexibility index (Phi) is 6.11. The lowest BCUT2D eigenvalue weighted by atomic mass is 9.70. The quantitative estimate of drug-likeness (QED) is 0.459. The lowest BCUT2D eigenvalue weighted by Crippen LogP contribution is -2.36. The second-order valence-electron chi connectivity index (χ2n) is 8.28. The standard InChI is InChI=1S/C22H34O2/c1-15(2)19-14-21(24-18(5)23)22(6)13-12-17(4)9-7-8-16(3)10-11-20(19)22/h8,12,19-21H,1,7,9-11,13-14H2,2-6H3/b16-8+,17-12+/t19-,20+,21+,22-/m1/s1. The van der Waals surface area contributed by atoms with E-state index in [4.69, 9.17) is 4.74 Å². The van der Waals surface area contributed by atoms with E-state index in [0.717, 1.165) is 38.5 Å². The summed E-state index contributed by atoms with van der Waals surface area (Å²) in [6.45, 7) is 14.7. The number of fused-ring (bicyclic) bond motifs is 1. The summed E-state index contributed by atoms with van der Waals surface area (Å²) >= 11 is 0. The van der Waals surface area contributed by atoms with Crippen molar-refractivity contribution >= 4 is 5.97 Å². The molecule has 0 heterocycles. The van der Waals surface area contributed by atoms with Crippen LogP contribution in [0.2, 0.25) is 0 Å². The molecule has 2 aliphatic rings. The SMILES string of the molecule is C=C(C)[C@H]1C[C@H](OC(C)=O)[C@]2(C)C/C=C(\C)CC/C=C(\C)CC[C@@H]12. The summed E-state index contributed by atoms with van der Waals surface area (Å²) in [7, 11) is 0. The maximum absolute atomic E-state index is 11.7. The number of allylic oxidation sites excluding steroid dienone is 5. The van der Waals surface area contributed by atoms with Crippen LogP contribution in [-0.4, -0.2) is 12.1 Å². The van der Waals surface area contributed by atoms with E-state index in [1.54, 1.807) is 0 Å². The predicted molar refractivity (Wildman–Crippen MR) is 101 cm³/mol. The zero-order valence-electron chi connectivity index (χ0n) is 16.2. The van der Waals surface area contributed by atoms with E-state index in [0.29, 0.717) is 11.8 Å². The van der Waals surface area contributed by atoms with Gasteiger partial charge >= 0.3 is 5.97 Å². The van der Waals surface area contributed by atoms with Gasteiger partial charge in [0, 0.05) is 12.3 Å². The van der Waals surface area contributed by atoms with Gasteiger partial charge in [-0.25, -0.2) is 0 Å². The molecular weight excluding hydrogens is 296 g/mol. The van der Waals surface area contributed by atoms with Crippen molar-refractivity contribution in [1.29, 1.82) is 0 Å². The van der Waals surface area contributed by atoms with Crippen LogP contribution in [0.25, 0.3) is 0 Å². The number of hydrogen-bond donors (Lipinski definition) is 0. The summed E-state index contributed by atoms with van der Waals surface area (Å²) in [6.07, 6.45) is 11.2. The fraction of sp³-hybridized carbons (Fsp3) is 0.682. The fourth-order valence-electron chi connectivity index (χ4n) is 4.63. The molecule has 0 aromatic heterocycles. The molecule has 0 radical (unpaired) electrons. The van der Waals surface area contributed by atoms with Gasteiger partial charge in [0.2, 0.25) is 0 Å². The van der Waals surface area contributed by atoms with Gasteiger partial charge in [0.05, 0.1) is 0 Å². The van der Waals surface area contributed by atoms with Crippen LogP contribution >= 0.6 is 0 Å². The van der Waals surface area contributed by atoms with E-state index in [2.05, 4.69) is 46.4 Å². The van der Waals surface area contributed by atoms with Gasteiger partial charge in [0.1, 0.15) is 6.10 Å². The summed E-state index contributed by atoms with van der Waals surface area (Å²) in [5.74, 6) is 0.805. The van der Waals surface area contributed by atoms with Crippen LogP contribution in [-0.2, 0) is 9.53 Å². The number of ether oxygens (including phenoxy) is 1. The molecule has 0 aliphatic heterocycles. The van der Waals surface area contributed by atoms with Crippen molar-refractivity contribution in [2.24, 2.45) is 17.3 Å². The highest BCUT2D eigenvalue weighted by atomic mass is 16.5. The number of hydrogen-bond acceptors (Lipinski definition) is 2. The molecule has 2 nitrogen and oxygen atoms in total. The molecule has 0 aromatic carbocycles. The van der Waals surface area contributed by atoms with Gasteiger partial charge in [-0.2, -0.15) is 0 Å². The number of esters is 1. The Balaban J connectivity index is 2.40. The molecule has 0 N–H and O–H groups in total. The van der Waals surface area contributed by atoms with E-state index in [1.807, 2.05) is 0 Å². The maximum Gasteiger partial charge on any atom is 0.302 e. The normalized spacial score (nSPS) is 38.8. The molecule has 0 spiro atoms. The van der Waals surface area contributed by atoms with Gasteiger partial charge in [-0.1, -0.05) is 42.4 Å². The lowest BCUT2D eigenvalue weighted by Gasteiger charge is -2.37. The molecule has 1 fully saturated rings. The van der Waals surface area contributed by atoms with Gasteiger partial charge in [0.25, 0.3) is 0 Å². The van der Waals surface area contributed by atoms with E-state index < -0.39 is 0 Å². The van der Waals surface area contributed by atoms with E-state index in [-0.39, 0.29) is 17.5 Å². The zero-order valence-corrected chi connectivity index (χ0v) is 16.2. The third-order valence-electron chi connectivity index (χ3n) is 6.25. The van der Waals surface area contributed by atoms with E-state index >= 15 is 0 Å². The van der Waals surface area contributed by atoms with Crippen molar-refractivity contribution in [3.8, 4) is 0 Å². The van der Waals surface area contributed by atoms with Crippen molar-refractivity contribution < 1.29 is 9.53 Å². The first-order chi connectivity index (χ1) is 11.2. The minimum Gasteiger partial charge on any atom is -0.462 e. The second kappa shape index (κ2) is 7.72. The molecule has 2 aliphatic carbocycles. The monoisotopic (exact) mass is 330 g/mol. The predicted octanol–water partition coefficient (Wildman–Crippen LogP) is 5.99. The molecule has 0 saturated heterocycles. The fourth-order valence-corrected chi connectivity index (χ4v) is 4.63. The van der Waals surface area contributed by atoms with Crippen LogP contribution in [0.1, 0.15) is 73.1 Å². The minimum absolute atomic E-state index is 0.00116. The van der Waals surface area contributed by atoms with Crippen LogP contribution in [0.3, 0.4) is 0 Å². The molecule has 2 heteroatoms. The van der Waals surface area contributed by atoms with Gasteiger partial charge in [0.15, 0.2) is 0 Å². The average Bonchev–Trinajstić information content (AvgIpc) is 2.74. The van der Waals surface area contributed by atoms with Crippen LogP contribution < -0.4 is 0 Å². The molecule has 24 heavy (non-hydrogen) atoms. The van der Waals surface area contributed by atoms with Crippen molar-refractivity contribution in [3.63, 3.8) is 0 Å². The van der Waals surface area contributed by atoms with Crippen LogP contribution in [0.5, 0.6) is 0 Å². The van der Waals surface area contributed by atoms with E-state index in [1.165, 1.54) is 23.6 Å². The lowest BCUT2D eigenvalue weighted by molar-refractivity contribution is -0.152. The average molecular weight is 331 g/mol. The Bertz CT molecular complexity index is 554. The van der Waals surface area contributed by atoms with Crippen molar-refractivity contribution in [1.82, 2.24) is 0 Å². The number of carbonyl (C=O) groups excluding carboxylic acids is 1. The molecule has 2 rings (SSSR count). The molecule has 0 unspecified atom stereocenters. The van der Waals surface area contributed by atoms with Gasteiger partial charge in [-0.3, -0.25) is 4.79 Å². The van der Waals surface area contributed by atoms with Crippen molar-refractivity contribution in [2.45, 2.75) is 79.2 Å². The maximum atomic E-state index is 11.7. The van der Waals surface area contributed by atoms with Gasteiger partial charge < -0.3 is 4.74 Å². The largest absolute Gasteiger partial charge is 0.462 e. The Morgan fingerprint density at radius 3 is 2.50 bits per heavy atom. The summed E-state index contributed by atoms with van der Waals surface area (Å²) in [5.41, 5.74) is 4.17. The molecule has 1 saturated carbocycles. The van der Waals surface area contributed by atoms with E-state index in [9.17, 15) is 4.79 Å². The summed E-state index contributed by atoms with van der Waals surface area (Å²) in [4.78, 5) is 11.7. The van der Waals surface area contributed by atoms with Crippen molar-refractivity contribution in [2.75, 3.05) is 0 Å². The smallest absolute Gasteiger partial charge is 0.302 e. The van der Waals surface area contributed by atoms with Gasteiger partial charge in [-0.05, 0) is 71.1 Å². The highest BCUT2D eigenvalue weighted by Crippen LogP contribution is 2.55. The highest BCUT2D eigenvalue weighted by Gasteiger charge is 2.52. The van der Waals surface area contributed by atoms with Gasteiger partial charge in [-0.15, -0.1) is 0 Å². The second-order valence-corrected chi connectivity index (χ2v) is 8.28. The summed E-state index contributed by atoms with van der Waals surface area (Å²) in [6, 6.07) is 0. The molecule has 4 atom stereocenters. The first-order valence-corrected chi connectivity index (χ1v) is 9.38. The highest BCUT2D eigenvalue weighted by molar-refractivity contribution is 5.66. The Morgan fingerprint density at radius 1 is 1.21 bits per heavy atom. The molecule has 134 valence electrons. The van der Waals surface area contributed by atoms with Crippen LogP contribution in [0.4, 0.5) is 0 Å². The van der Waals surface area contributed by atoms with Crippen LogP contribution in [0, 0.1) is 17.3 Å². The first kappa shape index (κ1) is 19.0. The zero-order chi connectivity index (χ0) is 17.9.